The summed E-state index contributed by atoms with van der Waals surface area (Å²) >= 11 is 0. The quantitative estimate of drug-likeness (QED) is 0.746. The first-order chi connectivity index (χ1) is 7.24. The molecular formula is C14H22N. The Kier molecular flexibility index (Phi) is 5.41. The topological polar surface area (TPSA) is 12.0 Å². The van der Waals surface area contributed by atoms with Crippen molar-refractivity contribution in [1.82, 2.24) is 5.32 Å². The van der Waals surface area contributed by atoms with Crippen molar-refractivity contribution >= 4 is 0 Å². The summed E-state index contributed by atoms with van der Waals surface area (Å²) < 4.78 is 0. The Labute approximate surface area is 93.9 Å². The molecule has 0 aromatic heterocycles. The molecule has 0 saturated heterocycles. The van der Waals surface area contributed by atoms with E-state index in [-0.39, 0.29) is 0 Å². The van der Waals surface area contributed by atoms with Crippen molar-refractivity contribution in [2.45, 2.75) is 32.7 Å². The van der Waals surface area contributed by atoms with Gasteiger partial charge >= 0.3 is 0 Å². The monoisotopic (exact) mass is 204 g/mol. The summed E-state index contributed by atoms with van der Waals surface area (Å²) in [5, 5.41) is 3.60. The summed E-state index contributed by atoms with van der Waals surface area (Å²) in [4.78, 5) is 0. The Morgan fingerprint density at radius 3 is 2.40 bits per heavy atom. The van der Waals surface area contributed by atoms with Gasteiger partial charge in [0, 0.05) is 6.04 Å². The molecular weight excluding hydrogens is 182 g/mol. The highest BCUT2D eigenvalue weighted by Crippen LogP contribution is 2.17. The van der Waals surface area contributed by atoms with Crippen LogP contribution in [0.15, 0.2) is 30.3 Å². The van der Waals surface area contributed by atoms with Crippen LogP contribution in [0.1, 0.15) is 38.3 Å². The molecule has 15 heavy (non-hydrogen) atoms. The number of hydrogen-bond acceptors (Lipinski definition) is 1. The normalized spacial score (nSPS) is 13.1. The van der Waals surface area contributed by atoms with Crippen molar-refractivity contribution in [3.63, 3.8) is 0 Å². The molecule has 0 amide bonds. The molecule has 1 N–H and O–H groups in total. The number of hydrogen-bond donors (Lipinski definition) is 1. The van der Waals surface area contributed by atoms with Crippen molar-refractivity contribution in [2.75, 3.05) is 6.54 Å². The Morgan fingerprint density at radius 1 is 1.20 bits per heavy atom. The molecule has 0 aliphatic rings. The second kappa shape index (κ2) is 6.62. The Morgan fingerprint density at radius 2 is 1.87 bits per heavy atom. The standard InChI is InChI=1S/C14H22N/c1-4-8-14(15-11-12(2)3)13-9-6-5-7-10-13/h5-7,9-10,12,14-15H,1,4,8,11H2,2-3H3/t14-/m0/s1. The van der Waals surface area contributed by atoms with Crippen LogP contribution in [0.2, 0.25) is 0 Å². The smallest absolute Gasteiger partial charge is 0.0320 e. The van der Waals surface area contributed by atoms with Gasteiger partial charge in [-0.15, -0.1) is 0 Å². The van der Waals surface area contributed by atoms with Crippen LogP contribution >= 0.6 is 0 Å². The van der Waals surface area contributed by atoms with E-state index in [9.17, 15) is 0 Å². The Bertz CT molecular complexity index is 253. The first kappa shape index (κ1) is 12.3. The Hall–Kier alpha value is -0.820. The molecule has 1 radical (unpaired) electrons. The van der Waals surface area contributed by atoms with Crippen LogP contribution < -0.4 is 5.32 Å². The fourth-order valence-corrected chi connectivity index (χ4v) is 1.65. The molecule has 1 rings (SSSR count). The van der Waals surface area contributed by atoms with Gasteiger partial charge in [0.2, 0.25) is 0 Å². The first-order valence-electron chi connectivity index (χ1n) is 5.81. The lowest BCUT2D eigenvalue weighted by Crippen LogP contribution is -2.25. The largest absolute Gasteiger partial charge is 0.310 e. The highest BCUT2D eigenvalue weighted by atomic mass is 14.9. The predicted octanol–water partition coefficient (Wildman–Crippen LogP) is 3.59. The van der Waals surface area contributed by atoms with Crippen molar-refractivity contribution in [2.24, 2.45) is 5.92 Å². The van der Waals surface area contributed by atoms with E-state index in [0.717, 1.165) is 19.4 Å². The van der Waals surface area contributed by atoms with Crippen molar-refractivity contribution < 1.29 is 0 Å². The van der Waals surface area contributed by atoms with E-state index >= 15 is 0 Å². The van der Waals surface area contributed by atoms with Gasteiger partial charge in [-0.25, -0.2) is 0 Å². The Balaban J connectivity index is 2.57. The van der Waals surface area contributed by atoms with Crippen molar-refractivity contribution in [1.29, 1.82) is 0 Å². The minimum absolute atomic E-state index is 0.464. The zero-order valence-electron chi connectivity index (χ0n) is 9.87. The van der Waals surface area contributed by atoms with Crippen molar-refractivity contribution in [3.8, 4) is 0 Å². The summed E-state index contributed by atoms with van der Waals surface area (Å²) in [6.45, 7) is 9.48. The van der Waals surface area contributed by atoms with Gasteiger partial charge in [-0.2, -0.15) is 0 Å². The zero-order valence-corrected chi connectivity index (χ0v) is 9.87. The minimum Gasteiger partial charge on any atom is -0.310 e. The molecule has 0 bridgehead atoms. The average Bonchev–Trinajstić information content (AvgIpc) is 2.25. The zero-order chi connectivity index (χ0) is 11.1. The van der Waals surface area contributed by atoms with Gasteiger partial charge in [0.1, 0.15) is 0 Å². The summed E-state index contributed by atoms with van der Waals surface area (Å²) in [7, 11) is 0. The molecule has 0 heterocycles. The van der Waals surface area contributed by atoms with E-state index in [1.165, 1.54) is 5.56 Å². The number of nitrogens with one attached hydrogen (secondary N) is 1. The SMILES string of the molecule is [CH2]CC[C@H](NCC(C)C)c1ccccc1. The molecule has 0 unspecified atom stereocenters. The average molecular weight is 204 g/mol. The van der Waals surface area contributed by atoms with Gasteiger partial charge in [-0.3, -0.25) is 0 Å². The summed E-state index contributed by atoms with van der Waals surface area (Å²) in [6, 6.07) is 11.1. The van der Waals surface area contributed by atoms with Gasteiger partial charge in [0.15, 0.2) is 0 Å². The van der Waals surface area contributed by atoms with Crippen LogP contribution in [0.25, 0.3) is 0 Å². The lowest BCUT2D eigenvalue weighted by Gasteiger charge is -2.19. The maximum Gasteiger partial charge on any atom is 0.0320 e. The maximum absolute atomic E-state index is 3.94. The molecule has 83 valence electrons. The lowest BCUT2D eigenvalue weighted by atomic mass is 10.0. The highest BCUT2D eigenvalue weighted by Gasteiger charge is 2.09. The fourth-order valence-electron chi connectivity index (χ4n) is 1.65. The molecule has 1 aromatic rings. The van der Waals surface area contributed by atoms with Gasteiger partial charge < -0.3 is 5.32 Å². The molecule has 1 aromatic carbocycles. The first-order valence-corrected chi connectivity index (χ1v) is 5.81. The van der Waals surface area contributed by atoms with E-state index < -0.39 is 0 Å². The molecule has 0 saturated carbocycles. The van der Waals surface area contributed by atoms with Gasteiger partial charge in [0.25, 0.3) is 0 Å². The molecule has 1 nitrogen and oxygen atoms in total. The van der Waals surface area contributed by atoms with Gasteiger partial charge in [-0.1, -0.05) is 57.5 Å². The lowest BCUT2D eigenvalue weighted by molar-refractivity contribution is 0.455. The maximum atomic E-state index is 3.94. The molecule has 1 heteroatoms. The van der Waals surface area contributed by atoms with Crippen LogP contribution in [0.3, 0.4) is 0 Å². The minimum atomic E-state index is 0.464. The summed E-state index contributed by atoms with van der Waals surface area (Å²) in [5.41, 5.74) is 1.38. The third-order valence-electron chi connectivity index (χ3n) is 2.47. The number of rotatable bonds is 6. The molecule has 0 spiro atoms. The van der Waals surface area contributed by atoms with Crippen LogP contribution in [0, 0.1) is 12.8 Å². The summed E-state index contributed by atoms with van der Waals surface area (Å²) in [5.74, 6) is 0.695. The van der Waals surface area contributed by atoms with E-state index in [1.54, 1.807) is 0 Å². The molecule has 1 atom stereocenters. The van der Waals surface area contributed by atoms with Crippen LogP contribution in [0.5, 0.6) is 0 Å². The molecule has 0 fully saturated rings. The van der Waals surface area contributed by atoms with Crippen LogP contribution in [-0.2, 0) is 0 Å². The van der Waals surface area contributed by atoms with E-state index in [1.807, 2.05) is 0 Å². The summed E-state index contributed by atoms with van der Waals surface area (Å²) in [6.07, 6.45) is 2.08. The van der Waals surface area contributed by atoms with Crippen LogP contribution in [0.4, 0.5) is 0 Å². The van der Waals surface area contributed by atoms with Crippen LogP contribution in [-0.4, -0.2) is 6.54 Å². The molecule has 0 aliphatic carbocycles. The van der Waals surface area contributed by atoms with E-state index in [2.05, 4.69) is 56.4 Å². The highest BCUT2D eigenvalue weighted by molar-refractivity contribution is 5.18. The predicted molar refractivity (Wildman–Crippen MR) is 66.6 cm³/mol. The van der Waals surface area contributed by atoms with E-state index in [4.69, 9.17) is 0 Å². The third kappa shape index (κ3) is 4.48. The second-order valence-corrected chi connectivity index (χ2v) is 4.41. The van der Waals surface area contributed by atoms with Crippen molar-refractivity contribution in [3.05, 3.63) is 42.8 Å². The van der Waals surface area contributed by atoms with Gasteiger partial charge in [-0.05, 0) is 24.4 Å². The third-order valence-corrected chi connectivity index (χ3v) is 2.47. The van der Waals surface area contributed by atoms with E-state index in [0.29, 0.717) is 12.0 Å². The second-order valence-electron chi connectivity index (χ2n) is 4.41. The molecule has 0 aliphatic heterocycles. The fraction of sp³-hybridized carbons (Fsp3) is 0.500. The van der Waals surface area contributed by atoms with Gasteiger partial charge in [0.05, 0.1) is 0 Å². The number of benzene rings is 1.